The van der Waals surface area contributed by atoms with Gasteiger partial charge in [0.05, 0.1) is 0 Å². The first-order chi connectivity index (χ1) is 6.65. The first kappa shape index (κ1) is 11.0. The van der Waals surface area contributed by atoms with Gasteiger partial charge in [0.1, 0.15) is 0 Å². The van der Waals surface area contributed by atoms with Gasteiger partial charge in [0.15, 0.2) is 0 Å². The van der Waals surface area contributed by atoms with Crippen molar-refractivity contribution >= 4 is 5.57 Å². The zero-order valence-electron chi connectivity index (χ0n) is 9.67. The molecule has 0 heterocycles. The molecule has 0 saturated carbocycles. The fraction of sp³-hybridized carbons (Fsp3) is 0.429. The number of benzene rings is 1. The molecule has 0 aliphatic heterocycles. The molecule has 0 amide bonds. The third kappa shape index (κ3) is 2.73. The van der Waals surface area contributed by atoms with Crippen LogP contribution in [0.15, 0.2) is 30.3 Å². The highest BCUT2D eigenvalue weighted by Crippen LogP contribution is 2.20. The maximum atomic E-state index is 2.33. The first-order valence-electron chi connectivity index (χ1n) is 5.41. The van der Waals surface area contributed by atoms with Crippen molar-refractivity contribution in [1.82, 2.24) is 0 Å². The molecule has 0 radical (unpaired) electrons. The van der Waals surface area contributed by atoms with E-state index in [0.717, 1.165) is 6.42 Å². The van der Waals surface area contributed by atoms with Crippen LogP contribution in [0.4, 0.5) is 0 Å². The summed E-state index contributed by atoms with van der Waals surface area (Å²) in [6.45, 7) is 8.85. The lowest BCUT2D eigenvalue weighted by Crippen LogP contribution is -1.91. The molecule has 0 spiro atoms. The quantitative estimate of drug-likeness (QED) is 0.663. The van der Waals surface area contributed by atoms with Gasteiger partial charge in [-0.2, -0.15) is 0 Å². The molecule has 0 atom stereocenters. The van der Waals surface area contributed by atoms with Crippen LogP contribution in [-0.2, 0) is 6.42 Å². The molecule has 0 saturated heterocycles. The van der Waals surface area contributed by atoms with Crippen molar-refractivity contribution in [3.05, 3.63) is 41.5 Å². The number of allylic oxidation sites excluding steroid dienone is 2. The highest BCUT2D eigenvalue weighted by Gasteiger charge is 2.01. The summed E-state index contributed by atoms with van der Waals surface area (Å²) in [6.07, 6.45) is 3.44. The highest BCUT2D eigenvalue weighted by molar-refractivity contribution is 5.66. The molecule has 1 rings (SSSR count). The summed E-state index contributed by atoms with van der Waals surface area (Å²) in [7, 11) is 0. The molecule has 0 heteroatoms. The van der Waals surface area contributed by atoms with Crippen molar-refractivity contribution < 1.29 is 0 Å². The van der Waals surface area contributed by atoms with Crippen LogP contribution >= 0.6 is 0 Å². The van der Waals surface area contributed by atoms with E-state index in [-0.39, 0.29) is 0 Å². The van der Waals surface area contributed by atoms with Crippen LogP contribution in [0.2, 0.25) is 0 Å². The van der Waals surface area contributed by atoms with Crippen LogP contribution in [0, 0.1) is 5.92 Å². The Morgan fingerprint density at radius 2 is 1.93 bits per heavy atom. The standard InChI is InChI=1S/C14H20/c1-5-13-8-6-7-9-14(13)12(4)10-11(2)3/h6-11H,5H2,1-4H3/b12-10+. The van der Waals surface area contributed by atoms with E-state index >= 15 is 0 Å². The fourth-order valence-corrected chi connectivity index (χ4v) is 1.80. The molecule has 0 aliphatic rings. The van der Waals surface area contributed by atoms with Gasteiger partial charge in [-0.25, -0.2) is 0 Å². The molecule has 0 nitrogen and oxygen atoms in total. The lowest BCUT2D eigenvalue weighted by molar-refractivity contribution is 0.832. The molecule has 76 valence electrons. The molecule has 0 bridgehead atoms. The summed E-state index contributed by atoms with van der Waals surface area (Å²) in [6, 6.07) is 8.66. The molecule has 0 fully saturated rings. The molecule has 0 aliphatic carbocycles. The van der Waals surface area contributed by atoms with Gasteiger partial charge in [-0.05, 0) is 36.0 Å². The lowest BCUT2D eigenvalue weighted by Gasteiger charge is -2.09. The Hall–Kier alpha value is -1.04. The van der Waals surface area contributed by atoms with Gasteiger partial charge in [-0.1, -0.05) is 51.1 Å². The van der Waals surface area contributed by atoms with E-state index in [1.165, 1.54) is 16.7 Å². The van der Waals surface area contributed by atoms with Crippen LogP contribution < -0.4 is 0 Å². The van der Waals surface area contributed by atoms with Gasteiger partial charge in [-0.15, -0.1) is 0 Å². The zero-order valence-corrected chi connectivity index (χ0v) is 9.67. The summed E-state index contributed by atoms with van der Waals surface area (Å²) in [5, 5.41) is 0. The Balaban J connectivity index is 3.05. The summed E-state index contributed by atoms with van der Waals surface area (Å²) < 4.78 is 0. The minimum Gasteiger partial charge on any atom is -0.0784 e. The Bertz CT molecular complexity index is 319. The molecule has 1 aromatic rings. The zero-order chi connectivity index (χ0) is 10.6. The minimum atomic E-state index is 0.625. The molecular weight excluding hydrogens is 168 g/mol. The highest BCUT2D eigenvalue weighted by atomic mass is 14.1. The van der Waals surface area contributed by atoms with Gasteiger partial charge >= 0.3 is 0 Å². The van der Waals surface area contributed by atoms with Crippen molar-refractivity contribution in [2.75, 3.05) is 0 Å². The van der Waals surface area contributed by atoms with Crippen molar-refractivity contribution in [2.24, 2.45) is 5.92 Å². The Labute approximate surface area is 87.7 Å². The predicted octanol–water partition coefficient (Wildman–Crippen LogP) is 4.31. The topological polar surface area (TPSA) is 0 Å². The molecule has 0 aromatic heterocycles. The van der Waals surface area contributed by atoms with E-state index in [2.05, 4.69) is 58.0 Å². The lowest BCUT2D eigenvalue weighted by atomic mass is 9.97. The second-order valence-corrected chi connectivity index (χ2v) is 4.10. The van der Waals surface area contributed by atoms with Crippen molar-refractivity contribution in [1.29, 1.82) is 0 Å². The van der Waals surface area contributed by atoms with Crippen LogP contribution in [0.5, 0.6) is 0 Å². The summed E-state index contributed by atoms with van der Waals surface area (Å²) in [5.41, 5.74) is 4.25. The SMILES string of the molecule is CCc1ccccc1/C(C)=C/C(C)C. The number of hydrogen-bond donors (Lipinski definition) is 0. The van der Waals surface area contributed by atoms with E-state index in [1.807, 2.05) is 0 Å². The number of hydrogen-bond acceptors (Lipinski definition) is 0. The Morgan fingerprint density at radius 3 is 2.50 bits per heavy atom. The molecule has 1 aromatic carbocycles. The van der Waals surface area contributed by atoms with E-state index in [4.69, 9.17) is 0 Å². The van der Waals surface area contributed by atoms with Gasteiger partial charge in [-0.3, -0.25) is 0 Å². The minimum absolute atomic E-state index is 0.625. The summed E-state index contributed by atoms with van der Waals surface area (Å²) in [5.74, 6) is 0.625. The monoisotopic (exact) mass is 188 g/mol. The van der Waals surface area contributed by atoms with E-state index in [0.29, 0.717) is 5.92 Å². The summed E-state index contributed by atoms with van der Waals surface area (Å²) >= 11 is 0. The normalized spacial score (nSPS) is 12.2. The van der Waals surface area contributed by atoms with E-state index < -0.39 is 0 Å². The van der Waals surface area contributed by atoms with Gasteiger partial charge < -0.3 is 0 Å². The number of rotatable bonds is 3. The maximum Gasteiger partial charge on any atom is -0.0198 e. The number of aryl methyl sites for hydroxylation is 1. The molecular formula is C14H20. The second-order valence-electron chi connectivity index (χ2n) is 4.10. The van der Waals surface area contributed by atoms with Gasteiger partial charge in [0.25, 0.3) is 0 Å². The first-order valence-corrected chi connectivity index (χ1v) is 5.41. The third-order valence-corrected chi connectivity index (χ3v) is 2.41. The average molecular weight is 188 g/mol. The van der Waals surface area contributed by atoms with Gasteiger partial charge in [0, 0.05) is 0 Å². The van der Waals surface area contributed by atoms with E-state index in [1.54, 1.807) is 0 Å². The van der Waals surface area contributed by atoms with Crippen molar-refractivity contribution in [3.63, 3.8) is 0 Å². The van der Waals surface area contributed by atoms with Crippen molar-refractivity contribution in [2.45, 2.75) is 34.1 Å². The van der Waals surface area contributed by atoms with E-state index in [9.17, 15) is 0 Å². The van der Waals surface area contributed by atoms with Crippen LogP contribution in [0.3, 0.4) is 0 Å². The van der Waals surface area contributed by atoms with Gasteiger partial charge in [0.2, 0.25) is 0 Å². The van der Waals surface area contributed by atoms with Crippen LogP contribution in [0.1, 0.15) is 38.8 Å². The van der Waals surface area contributed by atoms with Crippen LogP contribution in [-0.4, -0.2) is 0 Å². The average Bonchev–Trinajstić information content (AvgIpc) is 2.16. The predicted molar refractivity (Wildman–Crippen MR) is 64.3 cm³/mol. The maximum absolute atomic E-state index is 2.33. The summed E-state index contributed by atoms with van der Waals surface area (Å²) in [4.78, 5) is 0. The van der Waals surface area contributed by atoms with Crippen LogP contribution in [0.25, 0.3) is 5.57 Å². The molecule has 14 heavy (non-hydrogen) atoms. The molecule has 0 unspecified atom stereocenters. The molecule has 0 N–H and O–H groups in total. The third-order valence-electron chi connectivity index (χ3n) is 2.41. The second kappa shape index (κ2) is 4.99. The van der Waals surface area contributed by atoms with Crippen molar-refractivity contribution in [3.8, 4) is 0 Å². The largest absolute Gasteiger partial charge is 0.0784 e. The fourth-order valence-electron chi connectivity index (χ4n) is 1.80. The Morgan fingerprint density at radius 1 is 1.29 bits per heavy atom. The smallest absolute Gasteiger partial charge is 0.0198 e. The Kier molecular flexibility index (Phi) is 3.94.